The SMILES string of the molecule is O=C(O)NC(COc1ccc2cnccc2c1Br)Cc1ccccc1. The fourth-order valence-corrected chi connectivity index (χ4v) is 3.25. The second kappa shape index (κ2) is 7.98. The molecule has 2 aromatic carbocycles. The summed E-state index contributed by atoms with van der Waals surface area (Å²) in [6.45, 7) is 0.233. The van der Waals surface area contributed by atoms with Crippen LogP contribution in [0, 0.1) is 0 Å². The van der Waals surface area contributed by atoms with Crippen LogP contribution in [0.3, 0.4) is 0 Å². The Morgan fingerprint density at radius 3 is 2.76 bits per heavy atom. The number of halogens is 1. The molecule has 1 heterocycles. The fraction of sp³-hybridized carbons (Fsp3) is 0.158. The Labute approximate surface area is 153 Å². The van der Waals surface area contributed by atoms with E-state index in [4.69, 9.17) is 9.84 Å². The van der Waals surface area contributed by atoms with Crippen LogP contribution in [0.1, 0.15) is 5.56 Å². The van der Waals surface area contributed by atoms with Crippen LogP contribution >= 0.6 is 15.9 Å². The van der Waals surface area contributed by atoms with E-state index in [1.807, 2.05) is 48.5 Å². The molecule has 1 amide bonds. The van der Waals surface area contributed by atoms with Crippen LogP contribution in [0.4, 0.5) is 4.79 Å². The quantitative estimate of drug-likeness (QED) is 0.648. The Morgan fingerprint density at radius 2 is 2.00 bits per heavy atom. The Bertz CT molecular complexity index is 871. The minimum atomic E-state index is -1.06. The zero-order valence-electron chi connectivity index (χ0n) is 13.4. The van der Waals surface area contributed by atoms with E-state index in [0.29, 0.717) is 12.2 Å². The van der Waals surface area contributed by atoms with Crippen LogP contribution in [0.25, 0.3) is 10.8 Å². The number of amides is 1. The maximum absolute atomic E-state index is 11.1. The number of carboxylic acid groups (broad SMARTS) is 1. The summed E-state index contributed by atoms with van der Waals surface area (Å²) < 4.78 is 6.72. The van der Waals surface area contributed by atoms with Crippen molar-refractivity contribution >= 4 is 32.8 Å². The Hall–Kier alpha value is -2.60. The minimum Gasteiger partial charge on any atom is -0.490 e. The highest BCUT2D eigenvalue weighted by Gasteiger charge is 2.15. The third kappa shape index (κ3) is 4.48. The topological polar surface area (TPSA) is 71.5 Å². The standard InChI is InChI=1S/C19H17BrN2O3/c20-18-16-8-9-21-11-14(16)6-7-17(18)25-12-15(22-19(23)24)10-13-4-2-1-3-5-13/h1-9,11,15,22H,10,12H2,(H,23,24). The first-order valence-electron chi connectivity index (χ1n) is 7.82. The van der Waals surface area contributed by atoms with Crippen molar-refractivity contribution in [2.75, 3.05) is 6.61 Å². The summed E-state index contributed by atoms with van der Waals surface area (Å²) in [6.07, 6.45) is 3.00. The number of nitrogens with one attached hydrogen (secondary N) is 1. The van der Waals surface area contributed by atoms with Crippen LogP contribution in [0.5, 0.6) is 5.75 Å². The van der Waals surface area contributed by atoms with Crippen molar-refractivity contribution in [2.24, 2.45) is 0 Å². The van der Waals surface area contributed by atoms with Gasteiger partial charge in [0, 0.05) is 23.2 Å². The first-order valence-corrected chi connectivity index (χ1v) is 8.61. The zero-order chi connectivity index (χ0) is 17.6. The van der Waals surface area contributed by atoms with Gasteiger partial charge in [-0.1, -0.05) is 30.3 Å². The number of hydrogen-bond acceptors (Lipinski definition) is 3. The van der Waals surface area contributed by atoms with Gasteiger partial charge in [-0.05, 0) is 46.1 Å². The number of nitrogens with zero attached hydrogens (tertiary/aromatic N) is 1. The molecular formula is C19H17BrN2O3. The molecule has 1 atom stereocenters. The minimum absolute atomic E-state index is 0.233. The van der Waals surface area contributed by atoms with Crippen molar-refractivity contribution in [1.82, 2.24) is 10.3 Å². The van der Waals surface area contributed by atoms with Crippen molar-refractivity contribution < 1.29 is 14.6 Å². The summed E-state index contributed by atoms with van der Waals surface area (Å²) >= 11 is 3.56. The number of carbonyl (C=O) groups is 1. The molecule has 5 nitrogen and oxygen atoms in total. The van der Waals surface area contributed by atoms with Gasteiger partial charge in [-0.25, -0.2) is 4.79 Å². The fourth-order valence-electron chi connectivity index (χ4n) is 2.64. The number of rotatable bonds is 6. The first kappa shape index (κ1) is 17.2. The van der Waals surface area contributed by atoms with E-state index < -0.39 is 6.09 Å². The van der Waals surface area contributed by atoms with Gasteiger partial charge in [-0.3, -0.25) is 4.98 Å². The molecule has 2 N–H and O–H groups in total. The van der Waals surface area contributed by atoms with E-state index in [1.54, 1.807) is 12.4 Å². The predicted molar refractivity (Wildman–Crippen MR) is 100 cm³/mol. The van der Waals surface area contributed by atoms with Crippen LogP contribution < -0.4 is 10.1 Å². The van der Waals surface area contributed by atoms with Crippen LogP contribution in [-0.4, -0.2) is 28.8 Å². The molecule has 25 heavy (non-hydrogen) atoms. The van der Waals surface area contributed by atoms with Crippen molar-refractivity contribution in [3.8, 4) is 5.75 Å². The lowest BCUT2D eigenvalue weighted by atomic mass is 10.1. The Kier molecular flexibility index (Phi) is 5.50. The van der Waals surface area contributed by atoms with Gasteiger partial charge in [0.2, 0.25) is 0 Å². The van der Waals surface area contributed by atoms with Crippen molar-refractivity contribution in [3.63, 3.8) is 0 Å². The van der Waals surface area contributed by atoms with E-state index in [9.17, 15) is 4.79 Å². The number of aromatic nitrogens is 1. The summed E-state index contributed by atoms with van der Waals surface area (Å²) in [5, 5.41) is 13.6. The molecule has 0 aliphatic rings. The van der Waals surface area contributed by atoms with Gasteiger partial charge in [-0.15, -0.1) is 0 Å². The maximum atomic E-state index is 11.1. The average Bonchev–Trinajstić information content (AvgIpc) is 2.61. The highest BCUT2D eigenvalue weighted by Crippen LogP contribution is 2.32. The van der Waals surface area contributed by atoms with Gasteiger partial charge in [-0.2, -0.15) is 0 Å². The molecule has 1 unspecified atom stereocenters. The van der Waals surface area contributed by atoms with Gasteiger partial charge < -0.3 is 15.2 Å². The molecule has 128 valence electrons. The molecule has 1 aromatic heterocycles. The lowest BCUT2D eigenvalue weighted by molar-refractivity contribution is 0.180. The molecule has 0 aliphatic carbocycles. The molecule has 0 spiro atoms. The van der Waals surface area contributed by atoms with E-state index in [0.717, 1.165) is 20.8 Å². The number of hydrogen-bond donors (Lipinski definition) is 2. The van der Waals surface area contributed by atoms with Crippen molar-refractivity contribution in [1.29, 1.82) is 0 Å². The van der Waals surface area contributed by atoms with E-state index in [2.05, 4.69) is 26.2 Å². The lowest BCUT2D eigenvalue weighted by Gasteiger charge is -2.19. The molecule has 0 saturated carbocycles. The smallest absolute Gasteiger partial charge is 0.405 e. The van der Waals surface area contributed by atoms with Crippen molar-refractivity contribution in [2.45, 2.75) is 12.5 Å². The molecule has 0 aliphatic heterocycles. The van der Waals surface area contributed by atoms with Gasteiger partial charge in [0.05, 0.1) is 10.5 Å². The molecule has 3 aromatic rings. The summed E-state index contributed by atoms with van der Waals surface area (Å²) in [5.41, 5.74) is 1.05. The Balaban J connectivity index is 1.74. The van der Waals surface area contributed by atoms with Gasteiger partial charge in [0.25, 0.3) is 0 Å². The normalized spacial score (nSPS) is 11.9. The van der Waals surface area contributed by atoms with Gasteiger partial charge in [0.1, 0.15) is 12.4 Å². The van der Waals surface area contributed by atoms with Crippen LogP contribution in [-0.2, 0) is 6.42 Å². The largest absolute Gasteiger partial charge is 0.490 e. The third-order valence-electron chi connectivity index (χ3n) is 3.81. The molecule has 0 fully saturated rings. The predicted octanol–water partition coefficient (Wildman–Crippen LogP) is 4.26. The molecule has 6 heteroatoms. The Morgan fingerprint density at radius 1 is 1.20 bits per heavy atom. The first-order chi connectivity index (χ1) is 12.1. The monoisotopic (exact) mass is 400 g/mol. The average molecular weight is 401 g/mol. The van der Waals surface area contributed by atoms with Crippen LogP contribution in [0.15, 0.2) is 65.4 Å². The highest BCUT2D eigenvalue weighted by molar-refractivity contribution is 9.10. The molecule has 0 saturated heterocycles. The zero-order valence-corrected chi connectivity index (χ0v) is 14.9. The number of pyridine rings is 1. The maximum Gasteiger partial charge on any atom is 0.405 e. The summed E-state index contributed by atoms with van der Waals surface area (Å²) in [5.74, 6) is 0.670. The molecular weight excluding hydrogens is 384 g/mol. The van der Waals surface area contributed by atoms with Crippen molar-refractivity contribution in [3.05, 3.63) is 71.0 Å². The second-order valence-corrected chi connectivity index (χ2v) is 6.41. The third-order valence-corrected chi connectivity index (χ3v) is 4.63. The van der Waals surface area contributed by atoms with E-state index in [1.165, 1.54) is 0 Å². The number of ether oxygens (including phenoxy) is 1. The van der Waals surface area contributed by atoms with Crippen LogP contribution in [0.2, 0.25) is 0 Å². The second-order valence-electron chi connectivity index (χ2n) is 5.62. The highest BCUT2D eigenvalue weighted by atomic mass is 79.9. The summed E-state index contributed by atoms with van der Waals surface area (Å²) in [6, 6.07) is 15.1. The number of benzene rings is 2. The van der Waals surface area contributed by atoms with Gasteiger partial charge in [0.15, 0.2) is 0 Å². The molecule has 0 radical (unpaired) electrons. The summed E-state index contributed by atoms with van der Waals surface area (Å²) in [7, 11) is 0. The molecule has 0 bridgehead atoms. The van der Waals surface area contributed by atoms with E-state index in [-0.39, 0.29) is 12.6 Å². The lowest BCUT2D eigenvalue weighted by Crippen LogP contribution is -2.39. The van der Waals surface area contributed by atoms with Gasteiger partial charge >= 0.3 is 6.09 Å². The van der Waals surface area contributed by atoms with E-state index >= 15 is 0 Å². The number of fused-ring (bicyclic) bond motifs is 1. The summed E-state index contributed by atoms with van der Waals surface area (Å²) in [4.78, 5) is 15.2. The molecule has 3 rings (SSSR count).